The second-order valence-electron chi connectivity index (χ2n) is 13.8. The third-order valence-corrected chi connectivity index (χ3v) is 12.0. The summed E-state index contributed by atoms with van der Waals surface area (Å²) in [5, 5.41) is 18.0. The first-order valence-corrected chi connectivity index (χ1v) is 18.9. The van der Waals surface area contributed by atoms with E-state index in [1.165, 1.54) is 0 Å². The van der Waals surface area contributed by atoms with Crippen molar-refractivity contribution in [2.75, 3.05) is 38.6 Å². The highest BCUT2D eigenvalue weighted by molar-refractivity contribution is 7.18. The maximum atomic E-state index is 11.8. The molecule has 2 aromatic carbocycles. The minimum Gasteiger partial charge on any atom is -0.481 e. The smallest absolute Gasteiger partial charge is 0.307 e. The Morgan fingerprint density at radius 2 is 1.83 bits per heavy atom. The van der Waals surface area contributed by atoms with E-state index in [-0.39, 0.29) is 17.4 Å². The molecule has 0 unspecified atom stereocenters. The number of aromatic nitrogens is 3. The van der Waals surface area contributed by atoms with Crippen LogP contribution in [0.3, 0.4) is 0 Å². The highest BCUT2D eigenvalue weighted by atomic mass is 35.5. The van der Waals surface area contributed by atoms with E-state index >= 15 is 0 Å². The van der Waals surface area contributed by atoms with Gasteiger partial charge in [-0.25, -0.2) is 15.0 Å². The van der Waals surface area contributed by atoms with Gasteiger partial charge in [-0.15, -0.1) is 11.3 Å². The Hall–Kier alpha value is -4.33. The number of methoxy groups -OCH3 is 1. The highest BCUT2D eigenvalue weighted by Crippen LogP contribution is 2.43. The summed E-state index contributed by atoms with van der Waals surface area (Å²) in [5.41, 5.74) is 5.20. The molecule has 5 aromatic rings. The van der Waals surface area contributed by atoms with Crippen molar-refractivity contribution in [3.8, 4) is 28.3 Å². The quantitative estimate of drug-likeness (QED) is 0.134. The molecule has 1 atom stereocenters. The van der Waals surface area contributed by atoms with E-state index in [0.717, 1.165) is 70.0 Å². The number of nitrogens with one attached hydrogen (secondary N) is 2. The van der Waals surface area contributed by atoms with Crippen LogP contribution in [0.4, 0.5) is 11.5 Å². The van der Waals surface area contributed by atoms with E-state index in [1.54, 1.807) is 24.6 Å². The van der Waals surface area contributed by atoms with Crippen LogP contribution in [0.1, 0.15) is 36.3 Å². The fourth-order valence-corrected chi connectivity index (χ4v) is 9.25. The van der Waals surface area contributed by atoms with Crippen molar-refractivity contribution in [3.63, 3.8) is 0 Å². The van der Waals surface area contributed by atoms with Crippen LogP contribution in [0.5, 0.6) is 5.88 Å². The monoisotopic (exact) mass is 757 g/mol. The zero-order chi connectivity index (χ0) is 36.0. The number of benzene rings is 2. The molecule has 3 N–H and O–H groups in total. The lowest BCUT2D eigenvalue weighted by Crippen LogP contribution is -2.66. The molecule has 14 heteroatoms. The fraction of sp³-hybridized carbons (Fsp3) is 0.342. The van der Waals surface area contributed by atoms with Gasteiger partial charge in [0, 0.05) is 61.1 Å². The zero-order valence-corrected chi connectivity index (χ0v) is 30.8. The lowest BCUT2D eigenvalue weighted by molar-refractivity contribution is -0.143. The Balaban J connectivity index is 1.01. The lowest BCUT2D eigenvalue weighted by atomic mass is 9.88. The summed E-state index contributed by atoms with van der Waals surface area (Å²) in [6.07, 6.45) is 4.79. The van der Waals surface area contributed by atoms with Crippen LogP contribution in [-0.4, -0.2) is 80.6 Å². The molecule has 11 nitrogen and oxygen atoms in total. The zero-order valence-electron chi connectivity index (χ0n) is 28.5. The van der Waals surface area contributed by atoms with Gasteiger partial charge in [0.2, 0.25) is 11.8 Å². The van der Waals surface area contributed by atoms with Crippen molar-refractivity contribution in [2.45, 2.75) is 44.3 Å². The van der Waals surface area contributed by atoms with Gasteiger partial charge in [-0.05, 0) is 44.0 Å². The first-order valence-electron chi connectivity index (χ1n) is 17.3. The van der Waals surface area contributed by atoms with E-state index in [1.807, 2.05) is 54.6 Å². The number of carboxylic acid groups (broad SMARTS) is 1. The third-order valence-electron chi connectivity index (χ3n) is 10.2. The van der Waals surface area contributed by atoms with E-state index < -0.39 is 5.97 Å². The number of ether oxygens (including phenoxy) is 1. The van der Waals surface area contributed by atoms with E-state index in [2.05, 4.69) is 25.4 Å². The number of rotatable bonds is 10. The fourth-order valence-electron chi connectivity index (χ4n) is 7.64. The second kappa shape index (κ2) is 14.2. The molecule has 1 amide bonds. The van der Waals surface area contributed by atoms with Gasteiger partial charge >= 0.3 is 5.97 Å². The number of carbonyl (C=O) groups is 2. The molecule has 6 heterocycles. The minimum absolute atomic E-state index is 0.0861. The predicted octanol–water partition coefficient (Wildman–Crippen LogP) is 7.24. The molecule has 0 saturated carbocycles. The highest BCUT2D eigenvalue weighted by Gasteiger charge is 2.47. The average Bonchev–Trinajstić information content (AvgIpc) is 3.73. The molecule has 3 aliphatic rings. The van der Waals surface area contributed by atoms with Crippen molar-refractivity contribution in [2.24, 2.45) is 5.92 Å². The maximum Gasteiger partial charge on any atom is 0.307 e. The molecular formula is C38H37Cl2N7O4S. The van der Waals surface area contributed by atoms with E-state index in [4.69, 9.17) is 37.9 Å². The summed E-state index contributed by atoms with van der Waals surface area (Å²) < 4.78 is 6.70. The second-order valence-corrected chi connectivity index (χ2v) is 15.7. The van der Waals surface area contributed by atoms with Crippen LogP contribution >= 0.6 is 34.5 Å². The van der Waals surface area contributed by atoms with Gasteiger partial charge in [-0.3, -0.25) is 19.4 Å². The summed E-state index contributed by atoms with van der Waals surface area (Å²) in [6.45, 7) is 4.28. The average molecular weight is 759 g/mol. The molecule has 0 radical (unpaired) electrons. The number of carboxylic acids is 1. The number of aliphatic carboxylic acids is 1. The molecule has 3 fully saturated rings. The lowest BCUT2D eigenvalue weighted by Gasteiger charge is -2.48. The van der Waals surface area contributed by atoms with Crippen molar-refractivity contribution in [1.82, 2.24) is 30.1 Å². The van der Waals surface area contributed by atoms with Crippen LogP contribution in [0.15, 0.2) is 60.8 Å². The number of amides is 1. The van der Waals surface area contributed by atoms with Gasteiger partial charge in [-0.2, -0.15) is 0 Å². The molecule has 0 bridgehead atoms. The van der Waals surface area contributed by atoms with Crippen molar-refractivity contribution in [3.05, 3.63) is 81.4 Å². The van der Waals surface area contributed by atoms with Crippen LogP contribution in [-0.2, 0) is 22.7 Å². The molecule has 3 saturated heterocycles. The van der Waals surface area contributed by atoms with Gasteiger partial charge in [0.25, 0.3) is 0 Å². The Morgan fingerprint density at radius 1 is 1.04 bits per heavy atom. The molecule has 3 aliphatic heterocycles. The normalized spacial score (nSPS) is 18.8. The largest absolute Gasteiger partial charge is 0.481 e. The number of pyridine rings is 2. The molecular weight excluding hydrogens is 721 g/mol. The molecule has 8 rings (SSSR count). The minimum atomic E-state index is -0.739. The number of carbonyl (C=O) groups excluding carboxylic acids is 1. The number of halogens is 2. The molecule has 1 spiro atoms. The molecule has 268 valence electrons. The predicted molar refractivity (Wildman–Crippen MR) is 203 cm³/mol. The summed E-state index contributed by atoms with van der Waals surface area (Å²) >= 11 is 15.8. The Bertz CT molecular complexity index is 2190. The van der Waals surface area contributed by atoms with Gasteiger partial charge < -0.3 is 20.5 Å². The molecule has 3 aromatic heterocycles. The van der Waals surface area contributed by atoms with Crippen LogP contribution < -0.4 is 15.4 Å². The number of fused-ring (bicyclic) bond motifs is 1. The van der Waals surface area contributed by atoms with Crippen LogP contribution in [0, 0.1) is 5.92 Å². The topological polar surface area (TPSA) is 133 Å². The van der Waals surface area contributed by atoms with Gasteiger partial charge in [0.1, 0.15) is 10.5 Å². The van der Waals surface area contributed by atoms with E-state index in [9.17, 15) is 14.7 Å². The number of hydrogen-bond donors (Lipinski definition) is 3. The summed E-state index contributed by atoms with van der Waals surface area (Å²) in [5.74, 6) is 0.167. The van der Waals surface area contributed by atoms with Gasteiger partial charge in [0.15, 0.2) is 5.82 Å². The van der Waals surface area contributed by atoms with Crippen molar-refractivity contribution >= 4 is 68.1 Å². The maximum absolute atomic E-state index is 11.8. The number of piperidine rings is 1. The molecule has 52 heavy (non-hydrogen) atoms. The SMILES string of the molecule is COc1nc(-c2cccc(-c3cccc(Nc4nccc5sc(CN6CCC[C@H](C(=O)O)C6)nc45)c3Cl)c2Cl)ccc1CN1CC2(CCC(=O)N2)C1. The van der Waals surface area contributed by atoms with Crippen molar-refractivity contribution < 1.29 is 19.4 Å². The first-order chi connectivity index (χ1) is 25.2. The first kappa shape index (κ1) is 34.7. The Labute approximate surface area is 314 Å². The van der Waals surface area contributed by atoms with Crippen molar-refractivity contribution in [1.29, 1.82) is 0 Å². The van der Waals surface area contributed by atoms with E-state index in [0.29, 0.717) is 65.6 Å². The standard InChI is InChI=1S/C38H37Cl2N7O4S/c1-51-36-22(17-47-20-38(21-47)14-12-30(48)45-38)10-11-27(43-36)26-8-2-6-24(32(26)39)25-7-3-9-28(33(25)40)42-35-34-29(13-15-41-35)52-31(44-34)19-46-16-4-5-23(18-46)37(49)50/h2-3,6-11,13,15,23H,4-5,12,14,16-21H2,1H3,(H,41,42)(H,45,48)(H,49,50)/t23-/m0/s1. The summed E-state index contributed by atoms with van der Waals surface area (Å²) in [6, 6.07) is 17.5. The summed E-state index contributed by atoms with van der Waals surface area (Å²) in [4.78, 5) is 42.2. The number of nitrogens with zero attached hydrogens (tertiary/aromatic N) is 5. The Morgan fingerprint density at radius 3 is 2.60 bits per heavy atom. The molecule has 0 aliphatic carbocycles. The number of likely N-dealkylation sites (tertiary alicyclic amines) is 2. The summed E-state index contributed by atoms with van der Waals surface area (Å²) in [7, 11) is 1.62. The number of hydrogen-bond acceptors (Lipinski definition) is 10. The van der Waals surface area contributed by atoms with Gasteiger partial charge in [-0.1, -0.05) is 59.6 Å². The van der Waals surface area contributed by atoms with Gasteiger partial charge in [0.05, 0.1) is 51.2 Å². The van der Waals surface area contributed by atoms with Crippen LogP contribution in [0.25, 0.3) is 32.6 Å². The van der Waals surface area contributed by atoms with Crippen LogP contribution in [0.2, 0.25) is 10.0 Å². The Kier molecular flexibility index (Phi) is 9.52. The third kappa shape index (κ3) is 6.81. The number of thiazole rings is 1. The number of anilines is 2.